The molecule has 2 heterocycles. The molecular weight excluding hydrogens is 332 g/mol. The number of aromatic nitrogens is 4. The third kappa shape index (κ3) is 2.89. The van der Waals surface area contributed by atoms with Crippen LogP contribution in [0.15, 0.2) is 58.4 Å². The second kappa shape index (κ2) is 6.29. The van der Waals surface area contributed by atoms with Crippen LogP contribution in [0.5, 0.6) is 0 Å². The SMILES string of the molecule is Cc1nc2ccccc2nc1SCc1nc2ccccc2c(=O)n1C. The molecule has 0 saturated carbocycles. The minimum atomic E-state index is -0.0254. The van der Waals surface area contributed by atoms with Crippen LogP contribution >= 0.6 is 11.8 Å². The van der Waals surface area contributed by atoms with E-state index in [0.717, 1.165) is 33.1 Å². The highest BCUT2D eigenvalue weighted by Crippen LogP contribution is 2.24. The van der Waals surface area contributed by atoms with Crippen molar-refractivity contribution in [3.63, 3.8) is 0 Å². The number of hydrogen-bond donors (Lipinski definition) is 0. The highest BCUT2D eigenvalue weighted by molar-refractivity contribution is 7.98. The lowest BCUT2D eigenvalue weighted by Gasteiger charge is -2.10. The molecule has 0 N–H and O–H groups in total. The number of thioether (sulfide) groups is 1. The standard InChI is InChI=1S/C19H16N4OS/c1-12-18(22-16-10-6-5-9-15(16)20-12)25-11-17-21-14-8-4-3-7-13(14)19(24)23(17)2/h3-10H,11H2,1-2H3. The molecule has 0 unspecified atom stereocenters. The van der Waals surface area contributed by atoms with Crippen molar-refractivity contribution in [2.75, 3.05) is 0 Å². The molecule has 2 aromatic heterocycles. The number of hydrogen-bond acceptors (Lipinski definition) is 5. The molecule has 6 heteroatoms. The van der Waals surface area contributed by atoms with Crippen molar-refractivity contribution in [1.82, 2.24) is 19.5 Å². The lowest BCUT2D eigenvalue weighted by Crippen LogP contribution is -2.21. The summed E-state index contributed by atoms with van der Waals surface area (Å²) < 4.78 is 1.61. The molecular formula is C19H16N4OS. The molecule has 0 bridgehead atoms. The highest BCUT2D eigenvalue weighted by atomic mass is 32.2. The maximum atomic E-state index is 12.5. The van der Waals surface area contributed by atoms with E-state index in [1.807, 2.05) is 49.4 Å². The minimum absolute atomic E-state index is 0.0254. The Morgan fingerprint density at radius 1 is 0.920 bits per heavy atom. The Kier molecular flexibility index (Phi) is 3.97. The first kappa shape index (κ1) is 15.8. The van der Waals surface area contributed by atoms with Crippen molar-refractivity contribution in [1.29, 1.82) is 0 Å². The summed E-state index contributed by atoms with van der Waals surface area (Å²) in [6, 6.07) is 15.2. The predicted molar refractivity (Wildman–Crippen MR) is 101 cm³/mol. The fourth-order valence-electron chi connectivity index (χ4n) is 2.73. The van der Waals surface area contributed by atoms with Crippen LogP contribution < -0.4 is 5.56 Å². The van der Waals surface area contributed by atoms with Gasteiger partial charge in [-0.05, 0) is 31.2 Å². The molecule has 4 aromatic rings. The smallest absolute Gasteiger partial charge is 0.261 e. The zero-order valence-electron chi connectivity index (χ0n) is 13.9. The lowest BCUT2D eigenvalue weighted by molar-refractivity contribution is 0.784. The Morgan fingerprint density at radius 3 is 2.32 bits per heavy atom. The highest BCUT2D eigenvalue weighted by Gasteiger charge is 2.11. The first-order valence-electron chi connectivity index (χ1n) is 7.94. The van der Waals surface area contributed by atoms with Gasteiger partial charge in [0.05, 0.1) is 33.4 Å². The normalized spacial score (nSPS) is 11.3. The zero-order chi connectivity index (χ0) is 17.4. The second-order valence-corrected chi connectivity index (χ2v) is 6.76. The van der Waals surface area contributed by atoms with Crippen LogP contribution in [0.25, 0.3) is 21.9 Å². The fraction of sp³-hybridized carbons (Fsp3) is 0.158. The van der Waals surface area contributed by atoms with Gasteiger partial charge in [0.2, 0.25) is 0 Å². The quantitative estimate of drug-likeness (QED) is 0.531. The average Bonchev–Trinajstić information content (AvgIpc) is 2.63. The third-order valence-corrected chi connectivity index (χ3v) is 5.18. The van der Waals surface area contributed by atoms with Gasteiger partial charge in [0.25, 0.3) is 5.56 Å². The molecule has 0 spiro atoms. The summed E-state index contributed by atoms with van der Waals surface area (Å²) in [4.78, 5) is 26.4. The lowest BCUT2D eigenvalue weighted by atomic mass is 10.2. The van der Waals surface area contributed by atoms with E-state index in [0.29, 0.717) is 11.1 Å². The van der Waals surface area contributed by atoms with Crippen molar-refractivity contribution >= 4 is 33.7 Å². The Hall–Kier alpha value is -2.73. The molecule has 0 saturated heterocycles. The van der Waals surface area contributed by atoms with E-state index in [9.17, 15) is 4.79 Å². The largest absolute Gasteiger partial charge is 0.299 e. The summed E-state index contributed by atoms with van der Waals surface area (Å²) in [5.74, 6) is 1.29. The van der Waals surface area contributed by atoms with Gasteiger partial charge in [-0.2, -0.15) is 0 Å². The maximum absolute atomic E-state index is 12.5. The van der Waals surface area contributed by atoms with Crippen LogP contribution in [-0.4, -0.2) is 19.5 Å². The summed E-state index contributed by atoms with van der Waals surface area (Å²) >= 11 is 1.55. The van der Waals surface area contributed by atoms with Gasteiger partial charge in [-0.15, -0.1) is 0 Å². The Bertz CT molecular complexity index is 1150. The molecule has 124 valence electrons. The molecule has 4 rings (SSSR count). The van der Waals surface area contributed by atoms with Crippen molar-refractivity contribution in [2.24, 2.45) is 7.05 Å². The number of rotatable bonds is 3. The van der Waals surface area contributed by atoms with E-state index < -0.39 is 0 Å². The number of para-hydroxylation sites is 3. The summed E-state index contributed by atoms with van der Waals surface area (Å²) in [5, 5.41) is 1.50. The molecule has 0 fully saturated rings. The van der Waals surface area contributed by atoms with Crippen molar-refractivity contribution in [2.45, 2.75) is 17.7 Å². The fourth-order valence-corrected chi connectivity index (χ4v) is 3.68. The van der Waals surface area contributed by atoms with Crippen molar-refractivity contribution in [3.8, 4) is 0 Å². The van der Waals surface area contributed by atoms with Crippen molar-refractivity contribution < 1.29 is 0 Å². The maximum Gasteiger partial charge on any atom is 0.261 e. The van der Waals surface area contributed by atoms with Gasteiger partial charge in [-0.3, -0.25) is 9.36 Å². The van der Waals surface area contributed by atoms with E-state index in [2.05, 4.69) is 15.0 Å². The second-order valence-electron chi connectivity index (χ2n) is 5.80. The molecule has 5 nitrogen and oxygen atoms in total. The molecule has 0 radical (unpaired) electrons. The summed E-state index contributed by atoms with van der Waals surface area (Å²) in [7, 11) is 1.76. The summed E-state index contributed by atoms with van der Waals surface area (Å²) in [6.45, 7) is 1.95. The van der Waals surface area contributed by atoms with Crippen LogP contribution in [0.4, 0.5) is 0 Å². The first-order valence-corrected chi connectivity index (χ1v) is 8.93. The Morgan fingerprint density at radius 2 is 1.56 bits per heavy atom. The van der Waals surface area contributed by atoms with Crippen LogP contribution in [-0.2, 0) is 12.8 Å². The number of nitrogens with zero attached hydrogens (tertiary/aromatic N) is 4. The van der Waals surface area contributed by atoms with Crippen LogP contribution in [0.3, 0.4) is 0 Å². The van der Waals surface area contributed by atoms with E-state index in [1.165, 1.54) is 0 Å². The number of benzene rings is 2. The van der Waals surface area contributed by atoms with Gasteiger partial charge in [0.1, 0.15) is 10.9 Å². The van der Waals surface area contributed by atoms with E-state index in [4.69, 9.17) is 0 Å². The van der Waals surface area contributed by atoms with Gasteiger partial charge >= 0.3 is 0 Å². The van der Waals surface area contributed by atoms with Gasteiger partial charge in [-0.25, -0.2) is 15.0 Å². The molecule has 0 aliphatic carbocycles. The predicted octanol–water partition coefficient (Wildman–Crippen LogP) is 3.48. The number of fused-ring (bicyclic) bond motifs is 2. The molecule has 0 atom stereocenters. The molecule has 0 amide bonds. The van der Waals surface area contributed by atoms with E-state index >= 15 is 0 Å². The van der Waals surface area contributed by atoms with E-state index in [-0.39, 0.29) is 5.56 Å². The van der Waals surface area contributed by atoms with Crippen LogP contribution in [0.2, 0.25) is 0 Å². The van der Waals surface area contributed by atoms with Gasteiger partial charge in [-0.1, -0.05) is 36.0 Å². The first-order chi connectivity index (χ1) is 12.1. The van der Waals surface area contributed by atoms with Crippen molar-refractivity contribution in [3.05, 3.63) is 70.4 Å². The van der Waals surface area contributed by atoms with E-state index in [1.54, 1.807) is 29.4 Å². The van der Waals surface area contributed by atoms with Gasteiger partial charge in [0.15, 0.2) is 0 Å². The Balaban J connectivity index is 1.70. The summed E-state index contributed by atoms with van der Waals surface area (Å²) in [6.07, 6.45) is 0. The minimum Gasteiger partial charge on any atom is -0.299 e. The van der Waals surface area contributed by atoms with Crippen LogP contribution in [0, 0.1) is 6.92 Å². The van der Waals surface area contributed by atoms with Crippen LogP contribution in [0.1, 0.15) is 11.5 Å². The Labute approximate surface area is 148 Å². The molecule has 0 aliphatic rings. The number of aryl methyl sites for hydroxylation is 1. The zero-order valence-corrected chi connectivity index (χ0v) is 14.7. The van der Waals surface area contributed by atoms with Gasteiger partial charge < -0.3 is 0 Å². The topological polar surface area (TPSA) is 60.7 Å². The molecule has 25 heavy (non-hydrogen) atoms. The summed E-state index contributed by atoms with van der Waals surface area (Å²) in [5.41, 5.74) is 3.34. The third-order valence-electron chi connectivity index (χ3n) is 4.12. The van der Waals surface area contributed by atoms with Gasteiger partial charge in [0, 0.05) is 7.05 Å². The molecule has 0 aliphatic heterocycles. The molecule has 2 aromatic carbocycles. The monoisotopic (exact) mass is 348 g/mol. The average molecular weight is 348 g/mol.